The smallest absolute Gasteiger partial charge is 0.341 e. The lowest BCUT2D eigenvalue weighted by Gasteiger charge is -2.11. The van der Waals surface area contributed by atoms with Crippen LogP contribution in [-0.2, 0) is 11.8 Å². The van der Waals surface area contributed by atoms with E-state index in [1.165, 1.54) is 22.9 Å². The number of anilines is 1. The second kappa shape index (κ2) is 6.78. The topological polar surface area (TPSA) is 97.6 Å². The minimum Gasteiger partial charge on any atom is -0.482 e. The Hall–Kier alpha value is -3.09. The molecule has 0 saturated heterocycles. The van der Waals surface area contributed by atoms with Crippen LogP contribution in [-0.4, -0.2) is 28.2 Å². The van der Waals surface area contributed by atoms with Gasteiger partial charge in [0.15, 0.2) is 6.61 Å². The number of nitrogens with one attached hydrogen (secondary N) is 1. The van der Waals surface area contributed by atoms with Crippen molar-refractivity contribution in [2.24, 2.45) is 7.05 Å². The van der Waals surface area contributed by atoms with Crippen LogP contribution in [0.2, 0.25) is 0 Å². The average molecular weight is 316 g/mol. The number of carbonyl (C=O) groups excluding carboxylic acids is 1. The van der Waals surface area contributed by atoms with Crippen LogP contribution in [0.25, 0.3) is 0 Å². The lowest BCUT2D eigenvalue weighted by atomic mass is 10.1. The Morgan fingerprint density at radius 2 is 2.00 bits per heavy atom. The molecule has 0 aliphatic carbocycles. The van der Waals surface area contributed by atoms with Gasteiger partial charge in [-0.1, -0.05) is 0 Å². The number of ether oxygens (including phenoxy) is 1. The summed E-state index contributed by atoms with van der Waals surface area (Å²) in [7, 11) is 1.57. The summed E-state index contributed by atoms with van der Waals surface area (Å²) in [6.07, 6.45) is 1.46. The maximum absolute atomic E-state index is 12.2. The van der Waals surface area contributed by atoms with E-state index in [1.54, 1.807) is 32.2 Å². The first-order valence-corrected chi connectivity index (χ1v) is 6.80. The molecule has 0 spiro atoms. The summed E-state index contributed by atoms with van der Waals surface area (Å²) in [6.45, 7) is 1.34. The summed E-state index contributed by atoms with van der Waals surface area (Å²) in [5, 5.41) is 11.3. The molecule has 1 aromatic heterocycles. The van der Waals surface area contributed by atoms with Crippen molar-refractivity contribution < 1.29 is 19.4 Å². The van der Waals surface area contributed by atoms with Gasteiger partial charge in [0.25, 0.3) is 5.91 Å². The Bertz CT molecular complexity index is 810. The van der Waals surface area contributed by atoms with E-state index < -0.39 is 12.6 Å². The van der Waals surface area contributed by atoms with Crippen LogP contribution in [0.3, 0.4) is 0 Å². The summed E-state index contributed by atoms with van der Waals surface area (Å²) in [5.74, 6) is -0.998. The first-order chi connectivity index (χ1) is 10.9. The van der Waals surface area contributed by atoms with Gasteiger partial charge in [0.1, 0.15) is 5.75 Å². The minimum atomic E-state index is -1.06. The Kier molecular flexibility index (Phi) is 4.80. The van der Waals surface area contributed by atoms with Crippen LogP contribution >= 0.6 is 0 Å². The largest absolute Gasteiger partial charge is 0.482 e. The molecule has 7 heteroatoms. The normalized spacial score (nSPS) is 10.2. The highest BCUT2D eigenvalue weighted by molar-refractivity contribution is 6.04. The van der Waals surface area contributed by atoms with Crippen LogP contribution in [0.5, 0.6) is 5.75 Å². The molecule has 120 valence electrons. The highest BCUT2D eigenvalue weighted by atomic mass is 16.5. The second-order valence-electron chi connectivity index (χ2n) is 4.98. The number of nitrogens with zero attached hydrogens (tertiary/aromatic N) is 1. The van der Waals surface area contributed by atoms with Crippen LogP contribution in [0.4, 0.5) is 5.69 Å². The standard InChI is InChI=1S/C16H16N2O5/c1-10-7-12(23-9-15(20)21)4-5-13(10)17-16(22)11-3-6-14(19)18(2)8-11/h3-8H,9H2,1-2H3,(H,17,22)(H,20,21). The van der Waals surface area contributed by atoms with Crippen molar-refractivity contribution in [2.75, 3.05) is 11.9 Å². The maximum atomic E-state index is 12.2. The molecule has 2 aromatic rings. The molecule has 1 aromatic carbocycles. The highest BCUT2D eigenvalue weighted by Crippen LogP contribution is 2.21. The van der Waals surface area contributed by atoms with Gasteiger partial charge in [-0.3, -0.25) is 9.59 Å². The van der Waals surface area contributed by atoms with Gasteiger partial charge in [-0.15, -0.1) is 0 Å². The molecule has 0 saturated carbocycles. The fourth-order valence-corrected chi connectivity index (χ4v) is 1.93. The van der Waals surface area contributed by atoms with Crippen molar-refractivity contribution in [3.63, 3.8) is 0 Å². The summed E-state index contributed by atoms with van der Waals surface area (Å²) in [4.78, 5) is 34.0. The molecule has 7 nitrogen and oxygen atoms in total. The molecule has 1 heterocycles. The van der Waals surface area contributed by atoms with Gasteiger partial charge in [-0.25, -0.2) is 4.79 Å². The SMILES string of the molecule is Cc1cc(OCC(=O)O)ccc1NC(=O)c1ccc(=O)n(C)c1. The van der Waals surface area contributed by atoms with Crippen LogP contribution < -0.4 is 15.6 Å². The number of carboxylic acids is 1. The quantitative estimate of drug-likeness (QED) is 0.869. The molecule has 0 radical (unpaired) electrons. The number of rotatable bonds is 5. The van der Waals surface area contributed by atoms with E-state index >= 15 is 0 Å². The zero-order chi connectivity index (χ0) is 17.0. The van der Waals surface area contributed by atoms with Crippen LogP contribution in [0.15, 0.2) is 41.3 Å². The molecule has 0 unspecified atom stereocenters. The third-order valence-electron chi connectivity index (χ3n) is 3.16. The average Bonchev–Trinajstić information content (AvgIpc) is 2.50. The summed E-state index contributed by atoms with van der Waals surface area (Å²) >= 11 is 0. The summed E-state index contributed by atoms with van der Waals surface area (Å²) < 4.78 is 6.40. The van der Waals surface area contributed by atoms with Gasteiger partial charge in [0.05, 0.1) is 5.56 Å². The third-order valence-corrected chi connectivity index (χ3v) is 3.16. The number of aromatic nitrogens is 1. The molecular weight excluding hydrogens is 300 g/mol. The molecule has 0 fully saturated rings. The molecule has 1 amide bonds. The zero-order valence-electron chi connectivity index (χ0n) is 12.7. The molecule has 0 bridgehead atoms. The summed E-state index contributed by atoms with van der Waals surface area (Å²) in [5.41, 5.74) is 1.47. The molecule has 0 aliphatic rings. The summed E-state index contributed by atoms with van der Waals surface area (Å²) in [6, 6.07) is 7.62. The molecule has 23 heavy (non-hydrogen) atoms. The van der Waals surface area contributed by atoms with E-state index in [1.807, 2.05) is 0 Å². The number of amides is 1. The van der Waals surface area contributed by atoms with Gasteiger partial charge in [0, 0.05) is 25.0 Å². The van der Waals surface area contributed by atoms with Crippen molar-refractivity contribution in [2.45, 2.75) is 6.92 Å². The highest BCUT2D eigenvalue weighted by Gasteiger charge is 2.10. The van der Waals surface area contributed by atoms with Gasteiger partial charge >= 0.3 is 5.97 Å². The van der Waals surface area contributed by atoms with E-state index in [-0.39, 0.29) is 11.5 Å². The van der Waals surface area contributed by atoms with Crippen LogP contribution in [0, 0.1) is 6.92 Å². The first kappa shape index (κ1) is 16.3. The predicted octanol–water partition coefficient (Wildman–Crippen LogP) is 1.41. The second-order valence-corrected chi connectivity index (χ2v) is 4.98. The number of carbonyl (C=O) groups is 2. The van der Waals surface area contributed by atoms with Gasteiger partial charge < -0.3 is 19.7 Å². The van der Waals surface area contributed by atoms with Crippen molar-refractivity contribution in [1.29, 1.82) is 0 Å². The molecular formula is C16H16N2O5. The lowest BCUT2D eigenvalue weighted by Crippen LogP contribution is -2.19. The first-order valence-electron chi connectivity index (χ1n) is 6.80. The number of carboxylic acid groups (broad SMARTS) is 1. The van der Waals surface area contributed by atoms with Crippen LogP contribution in [0.1, 0.15) is 15.9 Å². The fourth-order valence-electron chi connectivity index (χ4n) is 1.93. The van der Waals surface area contributed by atoms with Crippen molar-refractivity contribution >= 4 is 17.6 Å². The molecule has 0 aliphatic heterocycles. The Balaban J connectivity index is 2.13. The van der Waals surface area contributed by atoms with E-state index in [9.17, 15) is 14.4 Å². The van der Waals surface area contributed by atoms with Crippen molar-refractivity contribution in [3.8, 4) is 5.75 Å². The van der Waals surface area contributed by atoms with E-state index in [0.29, 0.717) is 17.0 Å². The predicted molar refractivity (Wildman–Crippen MR) is 83.9 cm³/mol. The maximum Gasteiger partial charge on any atom is 0.341 e. The van der Waals surface area contributed by atoms with E-state index in [0.717, 1.165) is 5.56 Å². The zero-order valence-corrected chi connectivity index (χ0v) is 12.7. The van der Waals surface area contributed by atoms with Gasteiger partial charge in [-0.05, 0) is 36.8 Å². The Morgan fingerprint density at radius 3 is 2.61 bits per heavy atom. The van der Waals surface area contributed by atoms with Gasteiger partial charge in [-0.2, -0.15) is 0 Å². The van der Waals surface area contributed by atoms with Crippen molar-refractivity contribution in [3.05, 3.63) is 58.0 Å². The van der Waals surface area contributed by atoms with E-state index in [4.69, 9.17) is 9.84 Å². The van der Waals surface area contributed by atoms with E-state index in [2.05, 4.69) is 5.32 Å². The van der Waals surface area contributed by atoms with Crippen molar-refractivity contribution in [1.82, 2.24) is 4.57 Å². The molecule has 0 atom stereocenters. The molecule has 2 N–H and O–H groups in total. The number of benzene rings is 1. The lowest BCUT2D eigenvalue weighted by molar-refractivity contribution is -0.139. The number of hydrogen-bond donors (Lipinski definition) is 2. The molecule has 2 rings (SSSR count). The minimum absolute atomic E-state index is 0.197. The third kappa shape index (κ3) is 4.19. The number of aryl methyl sites for hydroxylation is 2. The van der Waals surface area contributed by atoms with Gasteiger partial charge in [0.2, 0.25) is 5.56 Å². The Morgan fingerprint density at radius 1 is 1.26 bits per heavy atom. The number of aliphatic carboxylic acids is 1. The Labute approximate surface area is 132 Å². The number of hydrogen-bond acceptors (Lipinski definition) is 4. The monoisotopic (exact) mass is 316 g/mol. The number of pyridine rings is 1. The fraction of sp³-hybridized carbons (Fsp3) is 0.188.